The Morgan fingerprint density at radius 1 is 1.42 bits per heavy atom. The van der Waals surface area contributed by atoms with E-state index in [2.05, 4.69) is 32.9 Å². The van der Waals surface area contributed by atoms with Crippen molar-refractivity contribution < 1.29 is 9.53 Å². The molecule has 1 saturated heterocycles. The highest BCUT2D eigenvalue weighted by molar-refractivity contribution is 14.1. The number of nitrogens with one attached hydrogen (secondary N) is 1. The Morgan fingerprint density at radius 2 is 2.26 bits per heavy atom. The molecule has 0 spiro atoms. The Bertz CT molecular complexity index is 624. The number of fused-ring (bicyclic) bond motifs is 1. The number of carbonyl (C=O) groups is 1. The molecule has 3 rings (SSSR count). The zero-order valence-corrected chi connectivity index (χ0v) is 12.4. The smallest absolute Gasteiger partial charge is 0.253 e. The molecular weight excluding hydrogens is 355 g/mol. The summed E-state index contributed by atoms with van der Waals surface area (Å²) in [6, 6.07) is 7.79. The van der Waals surface area contributed by atoms with Crippen LogP contribution >= 0.6 is 22.6 Å². The van der Waals surface area contributed by atoms with E-state index in [1.807, 2.05) is 24.3 Å². The van der Waals surface area contributed by atoms with E-state index in [0.717, 1.165) is 33.0 Å². The fraction of sp³-hybridized carbons (Fsp3) is 0.286. The lowest BCUT2D eigenvalue weighted by atomic mass is 10.1. The van der Waals surface area contributed by atoms with Crippen LogP contribution in [0, 0.1) is 3.57 Å². The maximum Gasteiger partial charge on any atom is 0.253 e. The van der Waals surface area contributed by atoms with E-state index < -0.39 is 0 Å². The van der Waals surface area contributed by atoms with E-state index >= 15 is 0 Å². The fourth-order valence-electron chi connectivity index (χ4n) is 2.23. The molecule has 98 valence electrons. The Labute approximate surface area is 124 Å². The summed E-state index contributed by atoms with van der Waals surface area (Å²) >= 11 is 2.19. The van der Waals surface area contributed by atoms with Crippen LogP contribution in [0.25, 0.3) is 10.9 Å². The quantitative estimate of drug-likeness (QED) is 0.830. The number of carbonyl (C=O) groups excluding carboxylic acids is 1. The summed E-state index contributed by atoms with van der Waals surface area (Å²) in [5.41, 5.74) is 1.71. The third kappa shape index (κ3) is 2.57. The number of pyridine rings is 1. The van der Waals surface area contributed by atoms with Crippen LogP contribution in [-0.4, -0.2) is 23.6 Å². The monoisotopic (exact) mass is 368 g/mol. The van der Waals surface area contributed by atoms with Gasteiger partial charge in [0.1, 0.15) is 6.10 Å². The van der Waals surface area contributed by atoms with Gasteiger partial charge in [-0.2, -0.15) is 0 Å². The van der Waals surface area contributed by atoms with Crippen LogP contribution in [0.1, 0.15) is 12.8 Å². The largest absolute Gasteiger partial charge is 0.368 e. The van der Waals surface area contributed by atoms with E-state index in [9.17, 15) is 4.79 Å². The summed E-state index contributed by atoms with van der Waals surface area (Å²) in [5.74, 6) is -0.0632. The molecule has 1 aliphatic rings. The molecule has 1 fully saturated rings. The Kier molecular flexibility index (Phi) is 3.65. The molecule has 1 aliphatic heterocycles. The molecule has 1 aromatic heterocycles. The number of nitrogens with zero attached hydrogens (tertiary/aromatic N) is 1. The second-order valence-electron chi connectivity index (χ2n) is 4.49. The second kappa shape index (κ2) is 5.42. The molecule has 1 amide bonds. The summed E-state index contributed by atoms with van der Waals surface area (Å²) in [6.07, 6.45) is 3.20. The van der Waals surface area contributed by atoms with E-state index in [1.165, 1.54) is 0 Å². The summed E-state index contributed by atoms with van der Waals surface area (Å²) in [7, 11) is 0. The van der Waals surface area contributed by atoms with E-state index in [1.54, 1.807) is 6.20 Å². The summed E-state index contributed by atoms with van der Waals surface area (Å²) in [5, 5.41) is 3.94. The van der Waals surface area contributed by atoms with Gasteiger partial charge in [-0.15, -0.1) is 0 Å². The van der Waals surface area contributed by atoms with Gasteiger partial charge >= 0.3 is 0 Å². The van der Waals surface area contributed by atoms with Crippen molar-refractivity contribution in [1.82, 2.24) is 4.98 Å². The molecule has 1 N–H and O–H groups in total. The molecule has 0 aliphatic carbocycles. The van der Waals surface area contributed by atoms with Crippen molar-refractivity contribution in [1.29, 1.82) is 0 Å². The minimum atomic E-state index is -0.317. The standard InChI is InChI=1S/C14H13IN2O2/c15-10-8-16-11-5-2-1-4-9(11)13(10)17-14(18)12-6-3-7-19-12/h1-2,4-5,8,12H,3,6-7H2,(H,16,17,18)/t12-/m0/s1. The van der Waals surface area contributed by atoms with Gasteiger partial charge < -0.3 is 10.1 Å². The third-order valence-electron chi connectivity index (χ3n) is 3.20. The minimum absolute atomic E-state index is 0.0632. The lowest BCUT2D eigenvalue weighted by Crippen LogP contribution is -2.27. The van der Waals surface area contributed by atoms with Crippen molar-refractivity contribution in [3.63, 3.8) is 0 Å². The SMILES string of the molecule is O=C(Nc1c(I)cnc2ccccc12)[C@@H]1CCCO1. The van der Waals surface area contributed by atoms with Gasteiger partial charge in [0.25, 0.3) is 5.91 Å². The number of halogens is 1. The Balaban J connectivity index is 1.95. The molecule has 1 atom stereocenters. The maximum absolute atomic E-state index is 12.2. The first kappa shape index (κ1) is 12.8. The molecule has 0 radical (unpaired) electrons. The van der Waals surface area contributed by atoms with Crippen molar-refractivity contribution in [2.75, 3.05) is 11.9 Å². The number of benzene rings is 1. The first-order valence-corrected chi connectivity index (χ1v) is 7.29. The van der Waals surface area contributed by atoms with Gasteiger partial charge in [0.15, 0.2) is 0 Å². The summed E-state index contributed by atoms with van der Waals surface area (Å²) in [4.78, 5) is 16.5. The van der Waals surface area contributed by atoms with E-state index in [-0.39, 0.29) is 12.0 Å². The van der Waals surface area contributed by atoms with Gasteiger partial charge in [-0.25, -0.2) is 0 Å². The molecule has 0 saturated carbocycles. The van der Waals surface area contributed by atoms with Gasteiger partial charge in [0.2, 0.25) is 0 Å². The topological polar surface area (TPSA) is 51.2 Å². The van der Waals surface area contributed by atoms with Crippen molar-refractivity contribution >= 4 is 45.1 Å². The molecule has 0 unspecified atom stereocenters. The van der Waals surface area contributed by atoms with Gasteiger partial charge in [0, 0.05) is 18.2 Å². The average Bonchev–Trinajstić information content (AvgIpc) is 2.96. The van der Waals surface area contributed by atoms with Crippen LogP contribution in [0.4, 0.5) is 5.69 Å². The second-order valence-corrected chi connectivity index (χ2v) is 5.65. The Morgan fingerprint density at radius 3 is 3.05 bits per heavy atom. The first-order chi connectivity index (χ1) is 9.25. The van der Waals surface area contributed by atoms with Crippen molar-refractivity contribution in [3.05, 3.63) is 34.0 Å². The zero-order valence-electron chi connectivity index (χ0n) is 10.2. The average molecular weight is 368 g/mol. The van der Waals surface area contributed by atoms with Gasteiger partial charge in [-0.1, -0.05) is 18.2 Å². The highest BCUT2D eigenvalue weighted by atomic mass is 127. The Hall–Kier alpha value is -1.21. The molecule has 0 bridgehead atoms. The molecule has 1 aromatic carbocycles. The number of anilines is 1. The first-order valence-electron chi connectivity index (χ1n) is 6.21. The van der Waals surface area contributed by atoms with Crippen LogP contribution < -0.4 is 5.32 Å². The van der Waals surface area contributed by atoms with Gasteiger partial charge in [0.05, 0.1) is 14.8 Å². The van der Waals surface area contributed by atoms with Crippen molar-refractivity contribution in [2.24, 2.45) is 0 Å². The van der Waals surface area contributed by atoms with Crippen LogP contribution in [0.15, 0.2) is 30.5 Å². The van der Waals surface area contributed by atoms with E-state index in [0.29, 0.717) is 6.61 Å². The normalized spacial score (nSPS) is 18.7. The number of para-hydroxylation sites is 1. The zero-order chi connectivity index (χ0) is 13.2. The lowest BCUT2D eigenvalue weighted by molar-refractivity contribution is -0.124. The molecule has 19 heavy (non-hydrogen) atoms. The van der Waals surface area contributed by atoms with E-state index in [4.69, 9.17) is 4.74 Å². The van der Waals surface area contributed by atoms with Gasteiger partial charge in [-0.3, -0.25) is 9.78 Å². The van der Waals surface area contributed by atoms with Crippen molar-refractivity contribution in [3.8, 4) is 0 Å². The van der Waals surface area contributed by atoms with Gasteiger partial charge in [-0.05, 0) is 41.5 Å². The maximum atomic E-state index is 12.2. The fourth-order valence-corrected chi connectivity index (χ4v) is 2.80. The summed E-state index contributed by atoms with van der Waals surface area (Å²) < 4.78 is 6.34. The van der Waals surface area contributed by atoms with Crippen molar-refractivity contribution in [2.45, 2.75) is 18.9 Å². The van der Waals surface area contributed by atoms with Crippen LogP contribution in [0.5, 0.6) is 0 Å². The predicted molar refractivity (Wildman–Crippen MR) is 82.1 cm³/mol. The highest BCUT2D eigenvalue weighted by Crippen LogP contribution is 2.27. The van der Waals surface area contributed by atoms with Crippen LogP contribution in [0.3, 0.4) is 0 Å². The number of aromatic nitrogens is 1. The predicted octanol–water partition coefficient (Wildman–Crippen LogP) is 2.96. The van der Waals surface area contributed by atoms with Crippen LogP contribution in [-0.2, 0) is 9.53 Å². The molecule has 5 heteroatoms. The lowest BCUT2D eigenvalue weighted by Gasteiger charge is -2.13. The van der Waals surface area contributed by atoms with Crippen LogP contribution in [0.2, 0.25) is 0 Å². The minimum Gasteiger partial charge on any atom is -0.368 e. The number of hydrogen-bond acceptors (Lipinski definition) is 3. The number of rotatable bonds is 2. The number of ether oxygens (including phenoxy) is 1. The molecule has 2 aromatic rings. The highest BCUT2D eigenvalue weighted by Gasteiger charge is 2.24. The molecular formula is C14H13IN2O2. The molecule has 2 heterocycles. The summed E-state index contributed by atoms with van der Waals surface area (Å²) in [6.45, 7) is 0.673. The number of hydrogen-bond donors (Lipinski definition) is 1. The molecule has 4 nitrogen and oxygen atoms in total. The number of amides is 1. The third-order valence-corrected chi connectivity index (χ3v) is 4.02.